The number of rotatable bonds is 5. The lowest BCUT2D eigenvalue weighted by atomic mass is 10.2. The van der Waals surface area contributed by atoms with Crippen LogP contribution in [0.15, 0.2) is 5.03 Å². The molecule has 0 bridgehead atoms. The van der Waals surface area contributed by atoms with E-state index < -0.39 is 0 Å². The van der Waals surface area contributed by atoms with E-state index in [1.54, 1.807) is 23.1 Å². The van der Waals surface area contributed by atoms with Gasteiger partial charge in [0, 0.05) is 23.4 Å². The zero-order chi connectivity index (χ0) is 19.7. The molecule has 4 heterocycles. The number of nitrogen functional groups attached to an aromatic ring is 2. The van der Waals surface area contributed by atoms with E-state index in [-0.39, 0.29) is 11.9 Å². The molecule has 0 aromatic carbocycles. The molecule has 3 aromatic heterocycles. The van der Waals surface area contributed by atoms with Crippen LogP contribution in [0.25, 0.3) is 10.2 Å². The molecule has 148 valence electrons. The van der Waals surface area contributed by atoms with E-state index in [2.05, 4.69) is 33.7 Å². The van der Waals surface area contributed by atoms with Gasteiger partial charge in [-0.15, -0.1) is 11.3 Å². The van der Waals surface area contributed by atoms with Gasteiger partial charge in [-0.25, -0.2) is 9.97 Å². The Morgan fingerprint density at radius 3 is 2.43 bits per heavy atom. The Labute approximate surface area is 170 Å². The molecular formula is C17H22N8OS2. The zero-order valence-electron chi connectivity index (χ0n) is 15.8. The van der Waals surface area contributed by atoms with Crippen molar-refractivity contribution in [2.75, 3.05) is 37.8 Å². The van der Waals surface area contributed by atoms with Crippen LogP contribution in [0, 0.1) is 13.8 Å². The third-order valence-corrected chi connectivity index (χ3v) is 6.64. The van der Waals surface area contributed by atoms with Crippen LogP contribution in [0.3, 0.4) is 0 Å². The molecule has 0 radical (unpaired) electrons. The summed E-state index contributed by atoms with van der Waals surface area (Å²) in [6, 6.07) is 0. The van der Waals surface area contributed by atoms with Crippen LogP contribution < -0.4 is 11.5 Å². The van der Waals surface area contributed by atoms with Crippen molar-refractivity contribution in [1.82, 2.24) is 29.8 Å². The third-order valence-electron chi connectivity index (χ3n) is 4.56. The van der Waals surface area contributed by atoms with Gasteiger partial charge in [-0.1, -0.05) is 11.8 Å². The van der Waals surface area contributed by atoms with Crippen LogP contribution in [0.4, 0.5) is 11.9 Å². The molecule has 0 amide bonds. The molecule has 1 saturated heterocycles. The average Bonchev–Trinajstić information content (AvgIpc) is 2.94. The molecule has 4 rings (SSSR count). The monoisotopic (exact) mass is 418 g/mol. The number of anilines is 2. The van der Waals surface area contributed by atoms with Crippen molar-refractivity contribution in [3.8, 4) is 0 Å². The predicted octanol–water partition coefficient (Wildman–Crippen LogP) is 1.78. The fourth-order valence-electron chi connectivity index (χ4n) is 3.04. The number of ether oxygens (including phenoxy) is 1. The lowest BCUT2D eigenvalue weighted by molar-refractivity contribution is 0.0330. The van der Waals surface area contributed by atoms with Crippen LogP contribution in [-0.2, 0) is 17.0 Å². The fourth-order valence-corrected chi connectivity index (χ4v) is 5.12. The number of thioether (sulfide) groups is 1. The minimum atomic E-state index is 0.131. The second-order valence-corrected chi connectivity index (χ2v) is 8.72. The highest BCUT2D eigenvalue weighted by Gasteiger charge is 2.18. The van der Waals surface area contributed by atoms with Crippen molar-refractivity contribution < 1.29 is 4.74 Å². The van der Waals surface area contributed by atoms with Crippen LogP contribution >= 0.6 is 23.1 Å². The molecule has 11 heteroatoms. The molecule has 0 atom stereocenters. The van der Waals surface area contributed by atoms with Crippen molar-refractivity contribution in [1.29, 1.82) is 0 Å². The number of hydrogen-bond acceptors (Lipinski definition) is 11. The summed E-state index contributed by atoms with van der Waals surface area (Å²) in [7, 11) is 0. The first kappa shape index (κ1) is 19.2. The molecular weight excluding hydrogens is 396 g/mol. The molecule has 28 heavy (non-hydrogen) atoms. The first-order valence-electron chi connectivity index (χ1n) is 8.95. The van der Waals surface area contributed by atoms with Crippen LogP contribution in [-0.4, -0.2) is 56.1 Å². The molecule has 1 aliphatic rings. The highest BCUT2D eigenvalue weighted by molar-refractivity contribution is 7.98. The van der Waals surface area contributed by atoms with E-state index >= 15 is 0 Å². The highest BCUT2D eigenvalue weighted by atomic mass is 32.2. The Bertz CT molecular complexity index is 982. The van der Waals surface area contributed by atoms with Gasteiger partial charge in [-0.2, -0.15) is 15.0 Å². The van der Waals surface area contributed by atoms with E-state index in [9.17, 15) is 0 Å². The van der Waals surface area contributed by atoms with Crippen molar-refractivity contribution in [3.63, 3.8) is 0 Å². The molecule has 4 N–H and O–H groups in total. The van der Waals surface area contributed by atoms with Crippen molar-refractivity contribution in [2.45, 2.75) is 31.2 Å². The van der Waals surface area contributed by atoms with E-state index in [1.165, 1.54) is 10.4 Å². The van der Waals surface area contributed by atoms with Gasteiger partial charge >= 0.3 is 0 Å². The summed E-state index contributed by atoms with van der Waals surface area (Å²) < 4.78 is 5.43. The number of morpholine rings is 1. The minimum Gasteiger partial charge on any atom is -0.379 e. The SMILES string of the molecule is Cc1sc2nc(CN3CCOCC3)nc(SCc3nc(N)nc(N)n3)c2c1C. The fraction of sp³-hybridized carbons (Fsp3) is 0.471. The topological polar surface area (TPSA) is 129 Å². The van der Waals surface area contributed by atoms with Gasteiger partial charge in [0.05, 0.1) is 25.5 Å². The first-order chi connectivity index (χ1) is 13.5. The normalized spacial score (nSPS) is 15.4. The Hall–Kier alpha value is -2.08. The first-order valence-corrected chi connectivity index (χ1v) is 10.7. The van der Waals surface area contributed by atoms with Crippen LogP contribution in [0.1, 0.15) is 22.1 Å². The van der Waals surface area contributed by atoms with Gasteiger partial charge in [0.2, 0.25) is 11.9 Å². The molecule has 0 spiro atoms. The van der Waals surface area contributed by atoms with E-state index in [0.29, 0.717) is 18.1 Å². The number of nitrogens with zero attached hydrogens (tertiary/aromatic N) is 6. The molecule has 0 saturated carbocycles. The number of thiophene rings is 1. The largest absolute Gasteiger partial charge is 0.379 e. The lowest BCUT2D eigenvalue weighted by Crippen LogP contribution is -2.36. The Morgan fingerprint density at radius 1 is 1.00 bits per heavy atom. The predicted molar refractivity (Wildman–Crippen MR) is 111 cm³/mol. The third kappa shape index (κ3) is 4.17. The van der Waals surface area contributed by atoms with Gasteiger partial charge in [0.25, 0.3) is 0 Å². The summed E-state index contributed by atoms with van der Waals surface area (Å²) in [6.07, 6.45) is 0. The number of hydrogen-bond donors (Lipinski definition) is 2. The lowest BCUT2D eigenvalue weighted by Gasteiger charge is -2.25. The zero-order valence-corrected chi connectivity index (χ0v) is 17.4. The van der Waals surface area contributed by atoms with Crippen LogP contribution in [0.5, 0.6) is 0 Å². The minimum absolute atomic E-state index is 0.131. The second kappa shape index (κ2) is 8.11. The van der Waals surface area contributed by atoms with Gasteiger partial charge in [0.1, 0.15) is 21.5 Å². The summed E-state index contributed by atoms with van der Waals surface area (Å²) in [4.78, 5) is 26.4. The summed E-state index contributed by atoms with van der Waals surface area (Å²) in [5, 5.41) is 2.04. The molecule has 3 aromatic rings. The maximum atomic E-state index is 5.68. The van der Waals surface area contributed by atoms with Crippen LogP contribution in [0.2, 0.25) is 0 Å². The van der Waals surface area contributed by atoms with Crippen molar-refractivity contribution in [2.24, 2.45) is 0 Å². The number of aryl methyl sites for hydroxylation is 2. The van der Waals surface area contributed by atoms with E-state index in [1.807, 2.05) is 0 Å². The maximum Gasteiger partial charge on any atom is 0.225 e. The standard InChI is InChI=1S/C17H22N8OS2/c1-9-10(2)28-15-13(9)14(27-8-12-22-16(18)24-17(19)23-12)20-11(21-15)7-25-3-5-26-6-4-25/h3-8H2,1-2H3,(H4,18,19,22,23,24). The van der Waals surface area contributed by atoms with Gasteiger partial charge < -0.3 is 16.2 Å². The number of fused-ring (bicyclic) bond motifs is 1. The molecule has 1 aliphatic heterocycles. The second-order valence-electron chi connectivity index (χ2n) is 6.55. The van der Waals surface area contributed by atoms with Crippen molar-refractivity contribution >= 4 is 45.2 Å². The van der Waals surface area contributed by atoms with Crippen molar-refractivity contribution in [3.05, 3.63) is 22.1 Å². The molecule has 0 unspecified atom stereocenters. The molecule has 1 fully saturated rings. The quantitative estimate of drug-likeness (QED) is 0.467. The summed E-state index contributed by atoms with van der Waals surface area (Å²) in [5.74, 6) is 2.14. The average molecular weight is 419 g/mol. The number of aromatic nitrogens is 5. The Kier molecular flexibility index (Phi) is 5.58. The number of nitrogens with two attached hydrogens (primary N) is 2. The summed E-state index contributed by atoms with van der Waals surface area (Å²) >= 11 is 3.28. The smallest absolute Gasteiger partial charge is 0.225 e. The van der Waals surface area contributed by atoms with E-state index in [4.69, 9.17) is 26.2 Å². The van der Waals surface area contributed by atoms with E-state index in [0.717, 1.165) is 47.4 Å². The Morgan fingerprint density at radius 2 is 1.71 bits per heavy atom. The Balaban J connectivity index is 1.64. The molecule has 9 nitrogen and oxygen atoms in total. The summed E-state index contributed by atoms with van der Waals surface area (Å²) in [5.41, 5.74) is 12.6. The summed E-state index contributed by atoms with van der Waals surface area (Å²) in [6.45, 7) is 8.25. The van der Waals surface area contributed by atoms with Gasteiger partial charge in [-0.05, 0) is 19.4 Å². The maximum absolute atomic E-state index is 5.68. The molecule has 0 aliphatic carbocycles. The van der Waals surface area contributed by atoms with Gasteiger partial charge in [-0.3, -0.25) is 4.90 Å². The highest BCUT2D eigenvalue weighted by Crippen LogP contribution is 2.36. The van der Waals surface area contributed by atoms with Gasteiger partial charge in [0.15, 0.2) is 0 Å².